The zero-order chi connectivity index (χ0) is 18.2. The molecule has 146 valence electrons. The van der Waals surface area contributed by atoms with Crippen molar-refractivity contribution in [1.82, 2.24) is 0 Å². The molecule has 0 saturated carbocycles. The van der Waals surface area contributed by atoms with Gasteiger partial charge in [0.2, 0.25) is 0 Å². The maximum absolute atomic E-state index is 2.49. The molecule has 24 heavy (non-hydrogen) atoms. The van der Waals surface area contributed by atoms with E-state index in [0.717, 1.165) is 23.7 Å². The van der Waals surface area contributed by atoms with Crippen molar-refractivity contribution in [2.75, 3.05) is 0 Å². The minimum absolute atomic E-state index is 0.850. The molecule has 2 unspecified atom stereocenters. The highest BCUT2D eigenvalue weighted by atomic mass is 14.2. The van der Waals surface area contributed by atoms with E-state index in [1.54, 1.807) is 0 Å². The van der Waals surface area contributed by atoms with Crippen LogP contribution in [-0.4, -0.2) is 0 Å². The molecule has 0 heterocycles. The van der Waals surface area contributed by atoms with Gasteiger partial charge in [-0.1, -0.05) is 131 Å². The Hall–Kier alpha value is 0. The average Bonchev–Trinajstić information content (AvgIpc) is 2.54. The van der Waals surface area contributed by atoms with Gasteiger partial charge in [0.05, 0.1) is 0 Å². The fraction of sp³-hybridized carbons (Fsp3) is 1.00. The molecule has 0 saturated heterocycles. The van der Waals surface area contributed by atoms with Crippen LogP contribution in [-0.2, 0) is 0 Å². The van der Waals surface area contributed by atoms with Crippen LogP contribution in [0.25, 0.3) is 0 Å². The van der Waals surface area contributed by atoms with Gasteiger partial charge < -0.3 is 0 Å². The summed E-state index contributed by atoms with van der Waals surface area (Å²) in [6.45, 7) is 14.3. The van der Waals surface area contributed by atoms with Gasteiger partial charge in [0.25, 0.3) is 0 Å². The van der Waals surface area contributed by atoms with Gasteiger partial charge in [0.15, 0.2) is 0 Å². The predicted molar refractivity (Wildman–Crippen MR) is 113 cm³/mol. The van der Waals surface area contributed by atoms with E-state index in [0.29, 0.717) is 0 Å². The van der Waals surface area contributed by atoms with Gasteiger partial charge in [-0.15, -0.1) is 0 Å². The largest absolute Gasteiger partial charge is 0.0654 e. The van der Waals surface area contributed by atoms with E-state index in [1.807, 2.05) is 0 Å². The molecule has 0 aliphatic heterocycles. The fourth-order valence-electron chi connectivity index (χ4n) is 3.88. The lowest BCUT2D eigenvalue weighted by Crippen LogP contribution is -2.17. The molecule has 0 aromatic heterocycles. The molecule has 0 aromatic carbocycles. The van der Waals surface area contributed by atoms with Crippen LogP contribution in [0.5, 0.6) is 0 Å². The van der Waals surface area contributed by atoms with Gasteiger partial charge >= 0.3 is 0 Å². The number of unbranched alkanes of at least 4 members (excludes halogenated alkanes) is 9. The summed E-state index contributed by atoms with van der Waals surface area (Å²) in [5.74, 6) is 3.63. The highest BCUT2D eigenvalue weighted by Gasteiger charge is 2.19. The van der Waals surface area contributed by atoms with E-state index in [9.17, 15) is 0 Å². The summed E-state index contributed by atoms with van der Waals surface area (Å²) in [4.78, 5) is 0. The fourth-order valence-corrected chi connectivity index (χ4v) is 3.88. The Labute approximate surface area is 155 Å². The number of hydrogen-bond acceptors (Lipinski definition) is 0. The van der Waals surface area contributed by atoms with Gasteiger partial charge in [-0.25, -0.2) is 0 Å². The van der Waals surface area contributed by atoms with Gasteiger partial charge in [0.1, 0.15) is 0 Å². The standard InChI is InChI=1S/C24H50/c1-7-8-19-24(23(6)22(4)5)20-17-15-13-11-9-10-12-14-16-18-21(2)3/h21-24H,7-20H2,1-6H3. The van der Waals surface area contributed by atoms with Crippen molar-refractivity contribution in [3.05, 3.63) is 0 Å². The quantitative estimate of drug-likeness (QED) is 0.232. The Morgan fingerprint density at radius 2 is 0.917 bits per heavy atom. The van der Waals surface area contributed by atoms with Crippen molar-refractivity contribution >= 4 is 0 Å². The Kier molecular flexibility index (Phi) is 16.5. The van der Waals surface area contributed by atoms with E-state index < -0.39 is 0 Å². The van der Waals surface area contributed by atoms with Gasteiger partial charge in [-0.2, -0.15) is 0 Å². The highest BCUT2D eigenvalue weighted by molar-refractivity contribution is 4.69. The monoisotopic (exact) mass is 338 g/mol. The third-order valence-electron chi connectivity index (χ3n) is 6.08. The SMILES string of the molecule is CCCCC(CCCCCCCCCCCC(C)C)C(C)C(C)C. The normalized spacial score (nSPS) is 14.5. The molecule has 2 atom stereocenters. The minimum atomic E-state index is 0.850. The summed E-state index contributed by atoms with van der Waals surface area (Å²) in [5.41, 5.74) is 0. The van der Waals surface area contributed by atoms with Crippen LogP contribution in [0.1, 0.15) is 131 Å². The molecule has 0 aliphatic carbocycles. The van der Waals surface area contributed by atoms with E-state index in [4.69, 9.17) is 0 Å². The molecule has 0 aliphatic rings. The van der Waals surface area contributed by atoms with Crippen LogP contribution in [0, 0.1) is 23.7 Å². The topological polar surface area (TPSA) is 0 Å². The third-order valence-corrected chi connectivity index (χ3v) is 6.08. The van der Waals surface area contributed by atoms with E-state index in [2.05, 4.69) is 41.5 Å². The van der Waals surface area contributed by atoms with Crippen molar-refractivity contribution in [3.63, 3.8) is 0 Å². The minimum Gasteiger partial charge on any atom is -0.0654 e. The third kappa shape index (κ3) is 14.4. The second-order valence-electron chi connectivity index (χ2n) is 9.16. The van der Waals surface area contributed by atoms with Crippen LogP contribution in [0.15, 0.2) is 0 Å². The summed E-state index contributed by atoms with van der Waals surface area (Å²) in [6, 6.07) is 0. The van der Waals surface area contributed by atoms with Crippen molar-refractivity contribution in [3.8, 4) is 0 Å². The van der Waals surface area contributed by atoms with Crippen LogP contribution < -0.4 is 0 Å². The molecule has 0 N–H and O–H groups in total. The molecule has 0 radical (unpaired) electrons. The van der Waals surface area contributed by atoms with E-state index in [-0.39, 0.29) is 0 Å². The molecule has 0 heteroatoms. The van der Waals surface area contributed by atoms with Crippen molar-refractivity contribution in [2.45, 2.75) is 131 Å². The van der Waals surface area contributed by atoms with Crippen LogP contribution >= 0.6 is 0 Å². The van der Waals surface area contributed by atoms with Crippen LogP contribution in [0.2, 0.25) is 0 Å². The first kappa shape index (κ1) is 24.0. The van der Waals surface area contributed by atoms with Crippen LogP contribution in [0.3, 0.4) is 0 Å². The lowest BCUT2D eigenvalue weighted by molar-refractivity contribution is 0.237. The lowest BCUT2D eigenvalue weighted by Gasteiger charge is -2.27. The highest BCUT2D eigenvalue weighted by Crippen LogP contribution is 2.30. The Balaban J connectivity index is 3.54. The summed E-state index contributed by atoms with van der Waals surface area (Å²) < 4.78 is 0. The Bertz CT molecular complexity index is 240. The second kappa shape index (κ2) is 16.5. The maximum Gasteiger partial charge on any atom is -0.0386 e. The first-order chi connectivity index (χ1) is 11.5. The molecular formula is C24H50. The van der Waals surface area contributed by atoms with Crippen molar-refractivity contribution in [2.24, 2.45) is 23.7 Å². The molecule has 0 amide bonds. The van der Waals surface area contributed by atoms with Crippen LogP contribution in [0.4, 0.5) is 0 Å². The average molecular weight is 339 g/mol. The first-order valence-corrected chi connectivity index (χ1v) is 11.5. The lowest BCUT2D eigenvalue weighted by atomic mass is 9.79. The molecule has 0 fully saturated rings. The summed E-state index contributed by atoms with van der Waals surface area (Å²) in [7, 11) is 0. The molecule has 0 aromatic rings. The van der Waals surface area contributed by atoms with E-state index >= 15 is 0 Å². The Morgan fingerprint density at radius 3 is 1.33 bits per heavy atom. The molecule has 0 nitrogen and oxygen atoms in total. The first-order valence-electron chi connectivity index (χ1n) is 11.5. The van der Waals surface area contributed by atoms with Crippen molar-refractivity contribution < 1.29 is 0 Å². The van der Waals surface area contributed by atoms with Gasteiger partial charge in [-0.3, -0.25) is 0 Å². The summed E-state index contributed by atoms with van der Waals surface area (Å²) in [5, 5.41) is 0. The summed E-state index contributed by atoms with van der Waals surface area (Å²) >= 11 is 0. The second-order valence-corrected chi connectivity index (χ2v) is 9.16. The predicted octanol–water partition coefficient (Wildman–Crippen LogP) is 9.03. The number of hydrogen-bond donors (Lipinski definition) is 0. The molecule has 0 spiro atoms. The molecule has 0 rings (SSSR count). The Morgan fingerprint density at radius 1 is 0.500 bits per heavy atom. The maximum atomic E-state index is 2.49. The molecule has 0 bridgehead atoms. The zero-order valence-electron chi connectivity index (χ0n) is 18.2. The number of rotatable bonds is 17. The van der Waals surface area contributed by atoms with Crippen molar-refractivity contribution in [1.29, 1.82) is 0 Å². The smallest absolute Gasteiger partial charge is 0.0386 e. The molecular weight excluding hydrogens is 288 g/mol. The van der Waals surface area contributed by atoms with Gasteiger partial charge in [-0.05, 0) is 23.7 Å². The summed E-state index contributed by atoms with van der Waals surface area (Å²) in [6.07, 6.45) is 20.4. The van der Waals surface area contributed by atoms with Gasteiger partial charge in [0, 0.05) is 0 Å². The van der Waals surface area contributed by atoms with E-state index in [1.165, 1.54) is 89.9 Å². The zero-order valence-corrected chi connectivity index (χ0v) is 18.2.